The van der Waals surface area contributed by atoms with E-state index in [1.54, 1.807) is 29.9 Å². The number of carbonyl (C=O) groups excluding carboxylic acids is 2. The number of likely N-dealkylation sites (tertiary alicyclic amines) is 1. The van der Waals surface area contributed by atoms with E-state index in [9.17, 15) is 18.4 Å². The number of aromatic nitrogens is 3. The second-order valence-corrected chi connectivity index (χ2v) is 7.99. The number of carbonyl (C=O) groups is 2. The fourth-order valence-corrected chi connectivity index (χ4v) is 4.22. The Morgan fingerprint density at radius 2 is 2.00 bits per heavy atom. The molecule has 1 aromatic carbocycles. The van der Waals surface area contributed by atoms with Crippen molar-refractivity contribution in [1.82, 2.24) is 24.6 Å². The number of halogens is 2. The van der Waals surface area contributed by atoms with Gasteiger partial charge in [-0.15, -0.1) is 0 Å². The summed E-state index contributed by atoms with van der Waals surface area (Å²) in [4.78, 5) is 32.3. The molecular weight excluding hydrogens is 404 g/mol. The van der Waals surface area contributed by atoms with Gasteiger partial charge < -0.3 is 9.80 Å². The smallest absolute Gasteiger partial charge is 0.224 e. The summed E-state index contributed by atoms with van der Waals surface area (Å²) in [5.74, 6) is -1.03. The van der Waals surface area contributed by atoms with Crippen LogP contribution in [0.4, 0.5) is 8.78 Å². The van der Waals surface area contributed by atoms with Gasteiger partial charge >= 0.3 is 0 Å². The van der Waals surface area contributed by atoms with Gasteiger partial charge in [0.05, 0.1) is 6.54 Å². The number of hydrogen-bond donors (Lipinski definition) is 0. The van der Waals surface area contributed by atoms with Gasteiger partial charge in [0.25, 0.3) is 0 Å². The molecule has 3 rings (SSSR count). The second-order valence-electron chi connectivity index (χ2n) is 7.99. The summed E-state index contributed by atoms with van der Waals surface area (Å²) in [6.45, 7) is 3.47. The molecule has 0 saturated carbocycles. The zero-order valence-corrected chi connectivity index (χ0v) is 18.0. The van der Waals surface area contributed by atoms with E-state index in [0.717, 1.165) is 18.9 Å². The predicted octanol–water partition coefficient (Wildman–Crippen LogP) is 2.66. The molecule has 31 heavy (non-hydrogen) atoms. The fraction of sp³-hybridized carbons (Fsp3) is 0.545. The van der Waals surface area contributed by atoms with Gasteiger partial charge in [0.2, 0.25) is 11.8 Å². The van der Waals surface area contributed by atoms with Crippen molar-refractivity contribution < 1.29 is 18.4 Å². The van der Waals surface area contributed by atoms with Crippen LogP contribution in [-0.4, -0.2) is 62.6 Å². The number of piperidine rings is 1. The Morgan fingerprint density at radius 1 is 1.26 bits per heavy atom. The van der Waals surface area contributed by atoms with Gasteiger partial charge in [-0.05, 0) is 36.8 Å². The molecule has 7 nitrogen and oxygen atoms in total. The lowest BCUT2D eigenvalue weighted by atomic mass is 9.84. The lowest BCUT2D eigenvalue weighted by Gasteiger charge is -2.40. The molecule has 0 bridgehead atoms. The van der Waals surface area contributed by atoms with Crippen molar-refractivity contribution >= 4 is 11.8 Å². The molecule has 1 saturated heterocycles. The summed E-state index contributed by atoms with van der Waals surface area (Å²) in [6, 6.07) is 3.36. The highest BCUT2D eigenvalue weighted by atomic mass is 19.1. The number of likely N-dealkylation sites (N-methyl/N-ethyl adjacent to an activating group) is 1. The van der Waals surface area contributed by atoms with Crippen LogP contribution in [0, 0.1) is 17.6 Å². The summed E-state index contributed by atoms with van der Waals surface area (Å²) < 4.78 is 29.2. The third kappa shape index (κ3) is 5.86. The first-order valence-electron chi connectivity index (χ1n) is 10.7. The van der Waals surface area contributed by atoms with Crippen LogP contribution in [0.15, 0.2) is 30.9 Å². The number of rotatable bonds is 8. The number of nitrogens with zero attached hydrogens (tertiary/aromatic N) is 5. The molecule has 0 radical (unpaired) electrons. The molecule has 0 N–H and O–H groups in total. The van der Waals surface area contributed by atoms with Crippen LogP contribution in [0.1, 0.15) is 38.2 Å². The fourth-order valence-electron chi connectivity index (χ4n) is 4.22. The molecule has 0 aliphatic carbocycles. The van der Waals surface area contributed by atoms with Gasteiger partial charge in [-0.2, -0.15) is 5.10 Å². The molecule has 9 heteroatoms. The van der Waals surface area contributed by atoms with Crippen molar-refractivity contribution in [3.63, 3.8) is 0 Å². The maximum absolute atomic E-state index is 14.3. The average molecular weight is 434 g/mol. The largest absolute Gasteiger partial charge is 0.343 e. The molecule has 1 unspecified atom stereocenters. The molecule has 1 atom stereocenters. The number of amides is 2. The van der Waals surface area contributed by atoms with Crippen molar-refractivity contribution in [3.8, 4) is 0 Å². The minimum atomic E-state index is -0.617. The summed E-state index contributed by atoms with van der Waals surface area (Å²) in [5, 5.41) is 4.01. The van der Waals surface area contributed by atoms with Crippen LogP contribution in [0.5, 0.6) is 0 Å². The summed E-state index contributed by atoms with van der Waals surface area (Å²) in [6.07, 6.45) is 5.51. The van der Waals surface area contributed by atoms with Crippen molar-refractivity contribution in [3.05, 3.63) is 48.1 Å². The van der Waals surface area contributed by atoms with Crippen LogP contribution < -0.4 is 0 Å². The lowest BCUT2D eigenvalue weighted by Crippen LogP contribution is -2.48. The molecule has 168 valence electrons. The van der Waals surface area contributed by atoms with Crippen LogP contribution in [0.2, 0.25) is 0 Å². The Kier molecular flexibility index (Phi) is 7.70. The summed E-state index contributed by atoms with van der Waals surface area (Å²) in [5.41, 5.74) is 0.397. The minimum absolute atomic E-state index is 0.0149. The van der Waals surface area contributed by atoms with Crippen LogP contribution in [0.25, 0.3) is 0 Å². The van der Waals surface area contributed by atoms with E-state index < -0.39 is 11.6 Å². The molecule has 1 fully saturated rings. The molecule has 2 heterocycles. The highest BCUT2D eigenvalue weighted by molar-refractivity contribution is 5.76. The van der Waals surface area contributed by atoms with Gasteiger partial charge in [-0.25, -0.2) is 13.8 Å². The van der Waals surface area contributed by atoms with Crippen LogP contribution in [0.3, 0.4) is 0 Å². The van der Waals surface area contributed by atoms with Crippen molar-refractivity contribution in [2.75, 3.05) is 20.1 Å². The predicted molar refractivity (Wildman–Crippen MR) is 111 cm³/mol. The third-order valence-electron chi connectivity index (χ3n) is 6.10. The van der Waals surface area contributed by atoms with E-state index in [4.69, 9.17) is 0 Å². The maximum Gasteiger partial charge on any atom is 0.224 e. The highest BCUT2D eigenvalue weighted by Crippen LogP contribution is 2.28. The lowest BCUT2D eigenvalue weighted by molar-refractivity contribution is -0.136. The zero-order chi connectivity index (χ0) is 22.4. The molecule has 1 aliphatic heterocycles. The van der Waals surface area contributed by atoms with Gasteiger partial charge in [-0.1, -0.05) is 13.0 Å². The molecule has 0 spiro atoms. The van der Waals surface area contributed by atoms with E-state index in [1.165, 1.54) is 18.5 Å². The van der Waals surface area contributed by atoms with Crippen molar-refractivity contribution in [2.45, 2.75) is 51.6 Å². The zero-order valence-electron chi connectivity index (χ0n) is 18.0. The first kappa shape index (κ1) is 22.8. The van der Waals surface area contributed by atoms with E-state index >= 15 is 0 Å². The van der Waals surface area contributed by atoms with Crippen molar-refractivity contribution in [2.24, 2.45) is 5.92 Å². The Bertz CT molecular complexity index is 882. The quantitative estimate of drug-likeness (QED) is 0.642. The van der Waals surface area contributed by atoms with Gasteiger partial charge in [-0.3, -0.25) is 14.3 Å². The average Bonchev–Trinajstić information content (AvgIpc) is 3.30. The first-order chi connectivity index (χ1) is 14.9. The minimum Gasteiger partial charge on any atom is -0.343 e. The Balaban J connectivity index is 1.63. The Morgan fingerprint density at radius 3 is 2.61 bits per heavy atom. The molecular formula is C22H29F2N5O2. The maximum atomic E-state index is 14.3. The van der Waals surface area contributed by atoms with Gasteiger partial charge in [0.15, 0.2) is 0 Å². The van der Waals surface area contributed by atoms with Crippen molar-refractivity contribution in [1.29, 1.82) is 0 Å². The standard InChI is InChI=1S/C22H29F2N5O2/c1-3-21(30)27(2)20(12-17-4-5-18(23)13-19(17)24)16-6-9-28(10-7-16)22(31)8-11-29-15-25-14-26-29/h4-5,13-16,20H,3,6-12H2,1-2H3. The topological polar surface area (TPSA) is 71.3 Å². The number of hydrogen-bond acceptors (Lipinski definition) is 4. The van der Waals surface area contributed by atoms with Gasteiger partial charge in [0.1, 0.15) is 24.3 Å². The van der Waals surface area contributed by atoms with Gasteiger partial charge in [0, 0.05) is 45.1 Å². The third-order valence-corrected chi connectivity index (χ3v) is 6.10. The number of benzene rings is 1. The number of aryl methyl sites for hydroxylation is 1. The summed E-state index contributed by atoms with van der Waals surface area (Å²) >= 11 is 0. The monoisotopic (exact) mass is 433 g/mol. The molecule has 2 aromatic rings. The summed E-state index contributed by atoms with van der Waals surface area (Å²) in [7, 11) is 1.74. The second kappa shape index (κ2) is 10.5. The van der Waals surface area contributed by atoms with E-state index in [1.807, 2.05) is 4.90 Å². The Hall–Kier alpha value is -2.84. The highest BCUT2D eigenvalue weighted by Gasteiger charge is 2.32. The SMILES string of the molecule is CCC(=O)N(C)C(Cc1ccc(F)cc1F)C1CCN(C(=O)CCn2cncn2)CC1. The molecule has 2 amide bonds. The van der Waals surface area contributed by atoms with Crippen LogP contribution >= 0.6 is 0 Å². The first-order valence-corrected chi connectivity index (χ1v) is 10.7. The van der Waals surface area contributed by atoms with E-state index in [2.05, 4.69) is 10.1 Å². The normalized spacial score (nSPS) is 15.7. The van der Waals surface area contributed by atoms with E-state index in [0.29, 0.717) is 44.5 Å². The van der Waals surface area contributed by atoms with E-state index in [-0.39, 0.29) is 23.8 Å². The molecule has 1 aromatic heterocycles. The molecule has 1 aliphatic rings. The Labute approximate surface area is 181 Å². The van der Waals surface area contributed by atoms with Crippen LogP contribution in [-0.2, 0) is 22.6 Å².